The molecule has 8 heteroatoms. The van der Waals surface area contributed by atoms with Crippen LogP contribution < -0.4 is 10.1 Å². The zero-order valence-electron chi connectivity index (χ0n) is 15.8. The molecular weight excluding hydrogens is 358 g/mol. The Morgan fingerprint density at radius 2 is 2.00 bits per heavy atom. The van der Waals surface area contributed by atoms with Crippen LogP contribution in [0.5, 0.6) is 5.75 Å². The Morgan fingerprint density at radius 3 is 2.71 bits per heavy atom. The summed E-state index contributed by atoms with van der Waals surface area (Å²) in [6, 6.07) is 9.75. The summed E-state index contributed by atoms with van der Waals surface area (Å²) in [6.45, 7) is 7.10. The van der Waals surface area contributed by atoms with Gasteiger partial charge in [-0.05, 0) is 25.0 Å². The number of likely N-dealkylation sites (tertiary alicyclic amines) is 1. The van der Waals surface area contributed by atoms with Gasteiger partial charge >= 0.3 is 0 Å². The van der Waals surface area contributed by atoms with Crippen molar-refractivity contribution in [1.82, 2.24) is 15.2 Å². The molecule has 2 fully saturated rings. The lowest BCUT2D eigenvalue weighted by atomic mass is 9.98. The molecule has 2 N–H and O–H groups in total. The van der Waals surface area contributed by atoms with Gasteiger partial charge in [-0.1, -0.05) is 24.8 Å². The first-order valence-electron chi connectivity index (χ1n) is 9.58. The Morgan fingerprint density at radius 1 is 1.29 bits per heavy atom. The highest BCUT2D eigenvalue weighted by Crippen LogP contribution is 2.22. The molecule has 0 bridgehead atoms. The average molecular weight is 383 g/mol. The van der Waals surface area contributed by atoms with Crippen molar-refractivity contribution >= 4 is 17.6 Å². The molecule has 3 aliphatic rings. The summed E-state index contributed by atoms with van der Waals surface area (Å²) in [6.07, 6.45) is 1.66. The lowest BCUT2D eigenvalue weighted by Crippen LogP contribution is -2.58. The number of para-hydroxylation sites is 1. The number of carbonyl (C=O) groups excluding carboxylic acids is 1. The van der Waals surface area contributed by atoms with Gasteiger partial charge in [-0.25, -0.2) is 5.01 Å². The maximum absolute atomic E-state index is 12.3. The maximum Gasteiger partial charge on any atom is 0.274 e. The zero-order valence-corrected chi connectivity index (χ0v) is 15.8. The van der Waals surface area contributed by atoms with E-state index in [9.17, 15) is 4.79 Å². The molecule has 0 unspecified atom stereocenters. The Labute approximate surface area is 164 Å². The van der Waals surface area contributed by atoms with Gasteiger partial charge in [-0.2, -0.15) is 5.10 Å². The topological polar surface area (TPSA) is 90.3 Å². The molecule has 0 atom stereocenters. The smallest absolute Gasteiger partial charge is 0.274 e. The molecule has 3 heterocycles. The minimum Gasteiger partial charge on any atom is -0.488 e. The normalized spacial score (nSPS) is 21.7. The van der Waals surface area contributed by atoms with Crippen LogP contribution in [0.25, 0.3) is 0 Å². The second kappa shape index (κ2) is 8.12. The van der Waals surface area contributed by atoms with E-state index >= 15 is 0 Å². The molecule has 3 aliphatic heterocycles. The van der Waals surface area contributed by atoms with Gasteiger partial charge in [0, 0.05) is 32.2 Å². The second-order valence-electron chi connectivity index (χ2n) is 7.28. The predicted octanol–water partition coefficient (Wildman–Crippen LogP) is 1.41. The minimum absolute atomic E-state index is 0.0362. The van der Waals surface area contributed by atoms with E-state index in [1.54, 1.807) is 0 Å². The fourth-order valence-electron chi connectivity index (χ4n) is 3.55. The van der Waals surface area contributed by atoms with Gasteiger partial charge in [0.2, 0.25) is 0 Å². The maximum atomic E-state index is 12.3. The summed E-state index contributed by atoms with van der Waals surface area (Å²) in [5.41, 5.74) is 0.189. The monoisotopic (exact) mass is 383 g/mol. The molecule has 8 nitrogen and oxygen atoms in total. The number of hydrogen-bond donors (Lipinski definition) is 2. The summed E-state index contributed by atoms with van der Waals surface area (Å²) in [5, 5.41) is 17.1. The molecule has 2 saturated heterocycles. The number of benzene rings is 1. The van der Waals surface area contributed by atoms with Gasteiger partial charge in [0.25, 0.3) is 5.91 Å². The molecule has 0 aliphatic carbocycles. The van der Waals surface area contributed by atoms with Gasteiger partial charge in [-0.15, -0.1) is 0 Å². The molecule has 0 spiro atoms. The molecule has 0 radical (unpaired) electrons. The summed E-state index contributed by atoms with van der Waals surface area (Å²) in [4.78, 5) is 14.4. The van der Waals surface area contributed by atoms with Crippen LogP contribution >= 0.6 is 0 Å². The van der Waals surface area contributed by atoms with Crippen molar-refractivity contribution < 1.29 is 14.3 Å². The SMILES string of the molecule is C=C1C(=O)NC(CN2CC(Oc3ccccc3)C2)=NN1C(=N)C1CCOCC1. The number of nitrogens with one attached hydrogen (secondary N) is 2. The number of hydrogen-bond acceptors (Lipinski definition) is 6. The highest BCUT2D eigenvalue weighted by molar-refractivity contribution is 6.10. The first-order chi connectivity index (χ1) is 13.6. The highest BCUT2D eigenvalue weighted by atomic mass is 16.5. The van der Waals surface area contributed by atoms with Gasteiger partial charge in [-0.3, -0.25) is 15.1 Å². The average Bonchev–Trinajstić information content (AvgIpc) is 2.70. The lowest BCUT2D eigenvalue weighted by Gasteiger charge is -2.40. The standard InChI is InChI=1S/C20H25N5O3/c1-14-20(26)22-18(23-25(14)19(21)15-7-9-27-10-8-15)13-24-11-17(12-24)28-16-5-3-2-4-6-16/h2-6,15,17,21H,1,7-13H2,(H,22,23,26). The molecule has 4 rings (SSSR count). The van der Waals surface area contributed by atoms with Crippen LogP contribution in [0.15, 0.2) is 47.7 Å². The van der Waals surface area contributed by atoms with Crippen molar-refractivity contribution in [3.05, 3.63) is 42.6 Å². The molecule has 0 saturated carbocycles. The molecule has 1 aromatic carbocycles. The van der Waals surface area contributed by atoms with E-state index in [2.05, 4.69) is 21.9 Å². The molecular formula is C20H25N5O3. The van der Waals surface area contributed by atoms with E-state index in [0.717, 1.165) is 31.7 Å². The van der Waals surface area contributed by atoms with Crippen LogP contribution in [0.1, 0.15) is 12.8 Å². The molecule has 1 amide bonds. The van der Waals surface area contributed by atoms with Crippen molar-refractivity contribution in [3.8, 4) is 5.75 Å². The van der Waals surface area contributed by atoms with Crippen LogP contribution in [-0.2, 0) is 9.53 Å². The number of carbonyl (C=O) groups is 1. The van der Waals surface area contributed by atoms with Crippen molar-refractivity contribution in [3.63, 3.8) is 0 Å². The van der Waals surface area contributed by atoms with Crippen LogP contribution in [0.3, 0.4) is 0 Å². The van der Waals surface area contributed by atoms with Crippen LogP contribution in [0, 0.1) is 11.3 Å². The third-order valence-corrected chi connectivity index (χ3v) is 5.18. The van der Waals surface area contributed by atoms with Gasteiger partial charge < -0.3 is 14.8 Å². The second-order valence-corrected chi connectivity index (χ2v) is 7.28. The van der Waals surface area contributed by atoms with Crippen molar-refractivity contribution in [2.75, 3.05) is 32.8 Å². The predicted molar refractivity (Wildman–Crippen MR) is 105 cm³/mol. The van der Waals surface area contributed by atoms with Gasteiger partial charge in [0.1, 0.15) is 29.2 Å². The summed E-state index contributed by atoms with van der Waals surface area (Å²) < 4.78 is 11.3. The summed E-state index contributed by atoms with van der Waals surface area (Å²) in [7, 11) is 0. The molecule has 148 valence electrons. The first-order valence-corrected chi connectivity index (χ1v) is 9.58. The fourth-order valence-corrected chi connectivity index (χ4v) is 3.55. The van der Waals surface area contributed by atoms with E-state index < -0.39 is 0 Å². The van der Waals surface area contributed by atoms with Crippen LogP contribution in [0.4, 0.5) is 0 Å². The first kappa shape index (κ1) is 18.6. The number of amidine groups is 2. The molecule has 1 aromatic rings. The van der Waals surface area contributed by atoms with E-state index in [1.165, 1.54) is 5.01 Å². The minimum atomic E-state index is -0.306. The number of hydrazone groups is 1. The van der Waals surface area contributed by atoms with Crippen molar-refractivity contribution in [1.29, 1.82) is 5.41 Å². The number of rotatable bonds is 5. The number of amides is 1. The fraction of sp³-hybridized carbons (Fsp3) is 0.450. The van der Waals surface area contributed by atoms with Crippen LogP contribution in [0.2, 0.25) is 0 Å². The highest BCUT2D eigenvalue weighted by Gasteiger charge is 2.34. The van der Waals surface area contributed by atoms with Crippen molar-refractivity contribution in [2.24, 2.45) is 11.0 Å². The Balaban J connectivity index is 1.34. The van der Waals surface area contributed by atoms with Crippen molar-refractivity contribution in [2.45, 2.75) is 18.9 Å². The van der Waals surface area contributed by atoms with E-state index in [0.29, 0.717) is 31.4 Å². The van der Waals surface area contributed by atoms with Crippen LogP contribution in [-0.4, -0.2) is 66.4 Å². The van der Waals surface area contributed by atoms with E-state index in [-0.39, 0.29) is 23.6 Å². The third kappa shape index (κ3) is 4.07. The third-order valence-electron chi connectivity index (χ3n) is 5.18. The van der Waals surface area contributed by atoms with Gasteiger partial charge in [0.15, 0.2) is 0 Å². The summed E-state index contributed by atoms with van der Waals surface area (Å²) in [5.74, 6) is 1.44. The zero-order chi connectivity index (χ0) is 19.5. The van der Waals surface area contributed by atoms with E-state index in [4.69, 9.17) is 14.9 Å². The quantitative estimate of drug-likeness (QED) is 0.456. The lowest BCUT2D eigenvalue weighted by molar-refractivity contribution is -0.117. The van der Waals surface area contributed by atoms with E-state index in [1.807, 2.05) is 30.3 Å². The Bertz CT molecular complexity index is 782. The summed E-state index contributed by atoms with van der Waals surface area (Å²) >= 11 is 0. The molecule has 0 aromatic heterocycles. The Hall–Kier alpha value is -2.71. The largest absolute Gasteiger partial charge is 0.488 e. The number of ether oxygens (including phenoxy) is 2. The van der Waals surface area contributed by atoms with Gasteiger partial charge in [0.05, 0.1) is 6.54 Å². The number of nitrogens with zero attached hydrogens (tertiary/aromatic N) is 3. The molecule has 28 heavy (non-hydrogen) atoms. The Kier molecular flexibility index (Phi) is 5.40.